The highest BCUT2D eigenvalue weighted by molar-refractivity contribution is 6.06. The van der Waals surface area contributed by atoms with E-state index in [4.69, 9.17) is 13.8 Å². The first kappa shape index (κ1) is 21.4. The lowest BCUT2D eigenvalue weighted by Crippen LogP contribution is -2.34. The van der Waals surface area contributed by atoms with Crippen LogP contribution in [0.2, 0.25) is 0 Å². The maximum absolute atomic E-state index is 13.1. The number of aromatic nitrogens is 3. The van der Waals surface area contributed by atoms with Gasteiger partial charge in [-0.3, -0.25) is 9.59 Å². The Morgan fingerprint density at radius 1 is 1.12 bits per heavy atom. The van der Waals surface area contributed by atoms with E-state index < -0.39 is 0 Å². The number of nitrogens with one attached hydrogen (secondary N) is 2. The number of rotatable bonds is 7. The number of pyridine rings is 1. The number of furan rings is 2. The molecule has 0 aliphatic carbocycles. The topological polar surface area (TPSA) is 115 Å². The van der Waals surface area contributed by atoms with Crippen molar-refractivity contribution in [3.63, 3.8) is 0 Å². The molecule has 0 radical (unpaired) electrons. The molecule has 4 aromatic heterocycles. The summed E-state index contributed by atoms with van der Waals surface area (Å²) in [6, 6.07) is 6.96. The van der Waals surface area contributed by atoms with Crippen molar-refractivity contribution in [1.29, 1.82) is 0 Å². The molecule has 0 fully saturated rings. The van der Waals surface area contributed by atoms with Crippen LogP contribution in [0.4, 0.5) is 0 Å². The first-order chi connectivity index (χ1) is 15.3. The molecule has 0 aliphatic rings. The van der Waals surface area contributed by atoms with E-state index in [1.54, 1.807) is 29.1 Å². The molecule has 9 heteroatoms. The fourth-order valence-electron chi connectivity index (χ4n) is 3.55. The summed E-state index contributed by atoms with van der Waals surface area (Å²) in [7, 11) is 0. The number of amides is 2. The highest BCUT2D eigenvalue weighted by Crippen LogP contribution is 2.30. The molecule has 0 aromatic carbocycles. The SMILES string of the molecule is Cc1cc(-c2cc(C(=O)NCCNC(=O)c3ccco3)c3cnn(C(C)C)c3n2)c(C)o1. The Morgan fingerprint density at radius 3 is 2.50 bits per heavy atom. The Bertz CT molecular complexity index is 1270. The summed E-state index contributed by atoms with van der Waals surface area (Å²) in [6.07, 6.45) is 3.09. The molecule has 2 amide bonds. The van der Waals surface area contributed by atoms with E-state index in [1.807, 2.05) is 33.8 Å². The Balaban J connectivity index is 1.58. The molecule has 4 aromatic rings. The Labute approximate surface area is 184 Å². The minimum atomic E-state index is -0.332. The van der Waals surface area contributed by atoms with Crippen molar-refractivity contribution < 1.29 is 18.4 Å². The number of hydrogen-bond acceptors (Lipinski definition) is 6. The van der Waals surface area contributed by atoms with Gasteiger partial charge in [-0.1, -0.05) is 0 Å². The molecule has 32 heavy (non-hydrogen) atoms. The van der Waals surface area contributed by atoms with Crippen LogP contribution in [-0.4, -0.2) is 39.7 Å². The van der Waals surface area contributed by atoms with Gasteiger partial charge < -0.3 is 19.5 Å². The highest BCUT2D eigenvalue weighted by Gasteiger charge is 2.20. The van der Waals surface area contributed by atoms with Crippen LogP contribution in [0, 0.1) is 13.8 Å². The van der Waals surface area contributed by atoms with Gasteiger partial charge in [-0.05, 0) is 52.0 Å². The number of nitrogens with zero attached hydrogens (tertiary/aromatic N) is 3. The van der Waals surface area contributed by atoms with Gasteiger partial charge in [-0.2, -0.15) is 5.10 Å². The lowest BCUT2D eigenvalue weighted by Gasteiger charge is -2.11. The maximum atomic E-state index is 13.1. The molecule has 166 valence electrons. The Morgan fingerprint density at radius 2 is 1.88 bits per heavy atom. The molecule has 0 atom stereocenters. The normalized spacial score (nSPS) is 11.3. The van der Waals surface area contributed by atoms with Crippen molar-refractivity contribution in [3.05, 3.63) is 59.6 Å². The molecular formula is C23H25N5O4. The third-order valence-corrected chi connectivity index (χ3v) is 5.06. The molecule has 0 saturated heterocycles. The van der Waals surface area contributed by atoms with E-state index in [-0.39, 0.29) is 36.7 Å². The van der Waals surface area contributed by atoms with E-state index in [0.29, 0.717) is 22.3 Å². The average molecular weight is 435 g/mol. The molecule has 2 N–H and O–H groups in total. The summed E-state index contributed by atoms with van der Waals surface area (Å²) in [4.78, 5) is 29.8. The standard InChI is InChI=1S/C23H25N5O4/c1-13(2)28-21-18(12-26-28)17(11-19(27-21)16-10-14(3)32-15(16)4)22(29)24-7-8-25-23(30)20-6-5-9-31-20/h5-6,9-13H,7-8H2,1-4H3,(H,24,29)(H,25,30). The summed E-state index contributed by atoms with van der Waals surface area (Å²) in [5, 5.41) is 10.7. The Hall–Kier alpha value is -3.88. The van der Waals surface area contributed by atoms with Gasteiger partial charge in [0.05, 0.1) is 29.1 Å². The molecular weight excluding hydrogens is 410 g/mol. The van der Waals surface area contributed by atoms with Crippen LogP contribution < -0.4 is 10.6 Å². The zero-order valence-electron chi connectivity index (χ0n) is 18.4. The lowest BCUT2D eigenvalue weighted by atomic mass is 10.1. The van der Waals surface area contributed by atoms with E-state index in [1.165, 1.54) is 6.26 Å². The Kier molecular flexibility index (Phi) is 5.81. The predicted molar refractivity (Wildman–Crippen MR) is 118 cm³/mol. The van der Waals surface area contributed by atoms with Crippen LogP contribution in [0.25, 0.3) is 22.3 Å². The van der Waals surface area contributed by atoms with Gasteiger partial charge in [-0.25, -0.2) is 9.67 Å². The van der Waals surface area contributed by atoms with Crippen LogP contribution in [0.1, 0.15) is 52.3 Å². The molecule has 9 nitrogen and oxygen atoms in total. The minimum absolute atomic E-state index is 0.0788. The van der Waals surface area contributed by atoms with Crippen LogP contribution in [0.5, 0.6) is 0 Å². The largest absolute Gasteiger partial charge is 0.466 e. The van der Waals surface area contributed by atoms with Gasteiger partial charge in [0, 0.05) is 24.7 Å². The van der Waals surface area contributed by atoms with Crippen molar-refractivity contribution >= 4 is 22.8 Å². The van der Waals surface area contributed by atoms with Crippen molar-refractivity contribution in [3.8, 4) is 11.3 Å². The van der Waals surface area contributed by atoms with Gasteiger partial charge in [0.25, 0.3) is 11.8 Å². The molecule has 0 unspecified atom stereocenters. The fourth-order valence-corrected chi connectivity index (χ4v) is 3.55. The summed E-state index contributed by atoms with van der Waals surface area (Å²) < 4.78 is 12.5. The van der Waals surface area contributed by atoms with Gasteiger partial charge in [0.15, 0.2) is 11.4 Å². The molecule has 0 saturated carbocycles. The lowest BCUT2D eigenvalue weighted by molar-refractivity contribution is 0.0911. The monoisotopic (exact) mass is 435 g/mol. The van der Waals surface area contributed by atoms with E-state index in [0.717, 1.165) is 17.1 Å². The first-order valence-electron chi connectivity index (χ1n) is 10.4. The molecule has 4 heterocycles. The predicted octanol–water partition coefficient (Wildman–Crippen LogP) is 3.64. The number of carbonyl (C=O) groups excluding carboxylic acids is 2. The third-order valence-electron chi connectivity index (χ3n) is 5.06. The van der Waals surface area contributed by atoms with Crippen LogP contribution >= 0.6 is 0 Å². The van der Waals surface area contributed by atoms with Gasteiger partial charge >= 0.3 is 0 Å². The summed E-state index contributed by atoms with van der Waals surface area (Å²) in [6.45, 7) is 8.28. The number of aryl methyl sites for hydroxylation is 2. The van der Waals surface area contributed by atoms with E-state index in [2.05, 4.69) is 15.7 Å². The average Bonchev–Trinajstić information content (AvgIpc) is 3.49. The maximum Gasteiger partial charge on any atom is 0.287 e. The summed E-state index contributed by atoms with van der Waals surface area (Å²) in [5.41, 5.74) is 2.57. The van der Waals surface area contributed by atoms with E-state index >= 15 is 0 Å². The molecule has 4 rings (SSSR count). The zero-order chi connectivity index (χ0) is 22.8. The third kappa shape index (κ3) is 4.14. The minimum Gasteiger partial charge on any atom is -0.466 e. The number of carbonyl (C=O) groups is 2. The van der Waals surface area contributed by atoms with Crippen molar-refractivity contribution in [2.45, 2.75) is 33.7 Å². The smallest absolute Gasteiger partial charge is 0.287 e. The quantitative estimate of drug-likeness (QED) is 0.428. The molecule has 0 spiro atoms. The summed E-state index contributed by atoms with van der Waals surface area (Å²) in [5.74, 6) is 1.13. The number of hydrogen-bond donors (Lipinski definition) is 2. The first-order valence-corrected chi connectivity index (χ1v) is 10.4. The van der Waals surface area contributed by atoms with Crippen molar-refractivity contribution in [1.82, 2.24) is 25.4 Å². The second kappa shape index (κ2) is 8.70. The zero-order valence-corrected chi connectivity index (χ0v) is 18.4. The van der Waals surface area contributed by atoms with Crippen molar-refractivity contribution in [2.24, 2.45) is 0 Å². The molecule has 0 bridgehead atoms. The van der Waals surface area contributed by atoms with Gasteiger partial charge in [0.1, 0.15) is 11.5 Å². The van der Waals surface area contributed by atoms with Gasteiger partial charge in [-0.15, -0.1) is 0 Å². The number of fused-ring (bicyclic) bond motifs is 1. The van der Waals surface area contributed by atoms with Crippen molar-refractivity contribution in [2.75, 3.05) is 13.1 Å². The van der Waals surface area contributed by atoms with Crippen LogP contribution in [0.3, 0.4) is 0 Å². The summed E-state index contributed by atoms with van der Waals surface area (Å²) >= 11 is 0. The van der Waals surface area contributed by atoms with Gasteiger partial charge in [0.2, 0.25) is 0 Å². The van der Waals surface area contributed by atoms with E-state index in [9.17, 15) is 9.59 Å². The molecule has 0 aliphatic heterocycles. The van der Waals surface area contributed by atoms with Crippen LogP contribution in [-0.2, 0) is 0 Å². The second-order valence-electron chi connectivity index (χ2n) is 7.79. The second-order valence-corrected chi connectivity index (χ2v) is 7.79. The van der Waals surface area contributed by atoms with Crippen LogP contribution in [0.15, 0.2) is 45.6 Å². The fraction of sp³-hybridized carbons (Fsp3) is 0.304. The highest BCUT2D eigenvalue weighted by atomic mass is 16.3.